The molecule has 0 fully saturated rings. The molecule has 90 valence electrons. The van der Waals surface area contributed by atoms with Crippen LogP contribution in [0.4, 0.5) is 0 Å². The molecule has 0 bridgehead atoms. The van der Waals surface area contributed by atoms with Crippen LogP contribution in [0.2, 0.25) is 0 Å². The lowest BCUT2D eigenvalue weighted by Crippen LogP contribution is -2.46. The molecule has 0 atom stereocenters. The summed E-state index contributed by atoms with van der Waals surface area (Å²) in [5.41, 5.74) is 0.108. The Morgan fingerprint density at radius 1 is 1.56 bits per heavy atom. The quantitative estimate of drug-likeness (QED) is 0.797. The van der Waals surface area contributed by atoms with Crippen molar-refractivity contribution in [1.29, 1.82) is 0 Å². The van der Waals surface area contributed by atoms with Gasteiger partial charge < -0.3 is 0 Å². The first-order chi connectivity index (χ1) is 7.32. The van der Waals surface area contributed by atoms with Gasteiger partial charge in [-0.15, -0.1) is 0 Å². The number of Topliss-reactive ketones (excluding diaryl/α,β-unsaturated/α-hetero) is 1. The summed E-state index contributed by atoms with van der Waals surface area (Å²) in [6.45, 7) is 6.48. The second kappa shape index (κ2) is 4.67. The van der Waals surface area contributed by atoms with E-state index >= 15 is 0 Å². The van der Waals surface area contributed by atoms with Crippen LogP contribution in [0.25, 0.3) is 0 Å². The number of halogens is 1. The van der Waals surface area contributed by atoms with Crippen LogP contribution >= 0.6 is 15.9 Å². The van der Waals surface area contributed by atoms with E-state index < -0.39 is 5.54 Å². The molecule has 0 saturated carbocycles. The minimum atomic E-state index is -0.532. The second-order valence-corrected chi connectivity index (χ2v) is 5.29. The van der Waals surface area contributed by atoms with Gasteiger partial charge in [0.25, 0.3) is 0 Å². The van der Waals surface area contributed by atoms with Crippen molar-refractivity contribution in [2.24, 2.45) is 0 Å². The molecule has 5 heteroatoms. The van der Waals surface area contributed by atoms with E-state index in [-0.39, 0.29) is 5.78 Å². The summed E-state index contributed by atoms with van der Waals surface area (Å²) >= 11 is 3.38. The molecule has 0 aliphatic carbocycles. The Bertz CT molecular complexity index is 396. The van der Waals surface area contributed by atoms with Gasteiger partial charge in [0.2, 0.25) is 5.78 Å². The van der Waals surface area contributed by atoms with Crippen LogP contribution in [0, 0.1) is 0 Å². The van der Waals surface area contributed by atoms with Gasteiger partial charge in [0.15, 0.2) is 0 Å². The maximum absolute atomic E-state index is 12.4. The number of likely N-dealkylation sites (N-methyl/N-ethyl adjacent to an activating group) is 1. The highest BCUT2D eigenvalue weighted by Crippen LogP contribution is 2.24. The van der Waals surface area contributed by atoms with Crippen LogP contribution in [0.5, 0.6) is 0 Å². The maximum atomic E-state index is 12.4. The van der Waals surface area contributed by atoms with Crippen molar-refractivity contribution in [2.75, 3.05) is 14.1 Å². The molecule has 0 aliphatic heterocycles. The molecule has 16 heavy (non-hydrogen) atoms. The summed E-state index contributed by atoms with van der Waals surface area (Å²) < 4.78 is 2.48. The van der Waals surface area contributed by atoms with Gasteiger partial charge in [0.05, 0.1) is 16.2 Å². The third-order valence-corrected chi connectivity index (χ3v) is 3.56. The summed E-state index contributed by atoms with van der Waals surface area (Å²) in [4.78, 5) is 14.3. The van der Waals surface area contributed by atoms with Crippen LogP contribution in [-0.2, 0) is 6.54 Å². The second-order valence-electron chi connectivity index (χ2n) is 4.44. The summed E-state index contributed by atoms with van der Waals surface area (Å²) in [6.07, 6.45) is 1.67. The van der Waals surface area contributed by atoms with E-state index in [0.717, 1.165) is 4.47 Å². The van der Waals surface area contributed by atoms with Crippen LogP contribution in [0.3, 0.4) is 0 Å². The van der Waals surface area contributed by atoms with Crippen molar-refractivity contribution in [2.45, 2.75) is 32.9 Å². The standard InChI is InChI=1S/C11H18BrN3O/c1-6-15-9(8(12)7-13-15)10(16)11(2,3)14(4)5/h7H,6H2,1-5H3. The first kappa shape index (κ1) is 13.4. The Labute approximate surface area is 105 Å². The van der Waals surface area contributed by atoms with Crippen LogP contribution in [0.15, 0.2) is 10.7 Å². The van der Waals surface area contributed by atoms with Gasteiger partial charge in [-0.2, -0.15) is 5.10 Å². The molecule has 1 rings (SSSR count). The van der Waals surface area contributed by atoms with E-state index in [0.29, 0.717) is 12.2 Å². The van der Waals surface area contributed by atoms with Gasteiger partial charge in [-0.3, -0.25) is 14.4 Å². The highest BCUT2D eigenvalue weighted by atomic mass is 79.9. The topological polar surface area (TPSA) is 38.1 Å². The molecule has 0 N–H and O–H groups in total. The third-order valence-electron chi connectivity index (χ3n) is 2.98. The summed E-state index contributed by atoms with van der Waals surface area (Å²) in [5, 5.41) is 4.16. The lowest BCUT2D eigenvalue weighted by Gasteiger charge is -2.31. The minimum absolute atomic E-state index is 0.0729. The zero-order valence-corrected chi connectivity index (χ0v) is 12.0. The van der Waals surface area contributed by atoms with Gasteiger partial charge in [0, 0.05) is 6.54 Å². The van der Waals surface area contributed by atoms with Crippen molar-refractivity contribution < 1.29 is 4.79 Å². The van der Waals surface area contributed by atoms with Crippen molar-refractivity contribution in [3.8, 4) is 0 Å². The van der Waals surface area contributed by atoms with E-state index in [2.05, 4.69) is 21.0 Å². The van der Waals surface area contributed by atoms with E-state index in [1.807, 2.05) is 39.8 Å². The van der Waals surface area contributed by atoms with Gasteiger partial charge in [-0.05, 0) is 50.8 Å². The van der Waals surface area contributed by atoms with E-state index in [1.165, 1.54) is 0 Å². The van der Waals surface area contributed by atoms with Crippen molar-refractivity contribution in [3.63, 3.8) is 0 Å². The molecule has 0 radical (unpaired) electrons. The first-order valence-corrected chi connectivity index (χ1v) is 6.05. The number of carbonyl (C=O) groups is 1. The highest BCUT2D eigenvalue weighted by molar-refractivity contribution is 9.10. The van der Waals surface area contributed by atoms with Crippen molar-refractivity contribution in [1.82, 2.24) is 14.7 Å². The summed E-state index contributed by atoms with van der Waals surface area (Å²) in [6, 6.07) is 0. The number of nitrogens with zero attached hydrogens (tertiary/aromatic N) is 3. The smallest absolute Gasteiger partial charge is 0.201 e. The number of hydrogen-bond acceptors (Lipinski definition) is 3. The van der Waals surface area contributed by atoms with Crippen LogP contribution in [-0.4, -0.2) is 40.1 Å². The first-order valence-electron chi connectivity index (χ1n) is 5.25. The number of rotatable bonds is 4. The fraction of sp³-hybridized carbons (Fsp3) is 0.636. The van der Waals surface area contributed by atoms with Gasteiger partial charge in [-0.25, -0.2) is 0 Å². The molecule has 0 aliphatic rings. The maximum Gasteiger partial charge on any atom is 0.201 e. The molecule has 0 saturated heterocycles. The number of ketones is 1. The molecule has 0 spiro atoms. The Kier molecular flexibility index (Phi) is 3.91. The Hall–Kier alpha value is -0.680. The number of hydrogen-bond donors (Lipinski definition) is 0. The molecule has 0 aromatic carbocycles. The zero-order valence-electron chi connectivity index (χ0n) is 10.4. The fourth-order valence-electron chi connectivity index (χ4n) is 1.32. The Morgan fingerprint density at radius 3 is 2.56 bits per heavy atom. The summed E-state index contributed by atoms with van der Waals surface area (Å²) in [7, 11) is 3.80. The zero-order chi connectivity index (χ0) is 12.5. The number of aromatic nitrogens is 2. The molecule has 0 amide bonds. The normalized spacial score (nSPS) is 12.2. The number of carbonyl (C=O) groups excluding carboxylic acids is 1. The van der Waals surface area contributed by atoms with Gasteiger partial charge in [-0.1, -0.05) is 0 Å². The van der Waals surface area contributed by atoms with E-state index in [9.17, 15) is 4.79 Å². The monoisotopic (exact) mass is 287 g/mol. The van der Waals surface area contributed by atoms with E-state index in [4.69, 9.17) is 0 Å². The predicted octanol–water partition coefficient (Wildman–Crippen LogP) is 2.19. The lowest BCUT2D eigenvalue weighted by atomic mass is 9.95. The molecule has 1 heterocycles. The molecule has 4 nitrogen and oxygen atoms in total. The lowest BCUT2D eigenvalue weighted by molar-refractivity contribution is 0.0742. The molecular weight excluding hydrogens is 270 g/mol. The largest absolute Gasteiger partial charge is 0.297 e. The van der Waals surface area contributed by atoms with Crippen molar-refractivity contribution >= 4 is 21.7 Å². The molecule has 0 unspecified atom stereocenters. The summed E-state index contributed by atoms with van der Waals surface area (Å²) in [5.74, 6) is 0.0729. The van der Waals surface area contributed by atoms with Crippen molar-refractivity contribution in [3.05, 3.63) is 16.4 Å². The predicted molar refractivity (Wildman–Crippen MR) is 67.7 cm³/mol. The molecule has 1 aromatic heterocycles. The van der Waals surface area contributed by atoms with Gasteiger partial charge >= 0.3 is 0 Å². The van der Waals surface area contributed by atoms with Gasteiger partial charge in [0.1, 0.15) is 5.69 Å². The number of aryl methyl sites for hydroxylation is 1. The van der Waals surface area contributed by atoms with Crippen LogP contribution < -0.4 is 0 Å². The molecular formula is C11H18BrN3O. The fourth-order valence-corrected chi connectivity index (χ4v) is 1.80. The molecule has 1 aromatic rings. The third kappa shape index (κ3) is 2.20. The highest BCUT2D eigenvalue weighted by Gasteiger charge is 2.34. The Morgan fingerprint density at radius 2 is 2.12 bits per heavy atom. The average Bonchev–Trinajstić information content (AvgIpc) is 2.57. The minimum Gasteiger partial charge on any atom is -0.297 e. The SMILES string of the molecule is CCn1ncc(Br)c1C(=O)C(C)(C)N(C)C. The van der Waals surface area contributed by atoms with Crippen LogP contribution in [0.1, 0.15) is 31.3 Å². The van der Waals surface area contributed by atoms with E-state index in [1.54, 1.807) is 10.9 Å². The Balaban J connectivity index is 3.19. The average molecular weight is 288 g/mol.